The van der Waals surface area contributed by atoms with Crippen LogP contribution in [0.15, 0.2) is 55.0 Å². The Labute approximate surface area is 248 Å². The third-order valence-electron chi connectivity index (χ3n) is 6.61. The second-order valence-corrected chi connectivity index (χ2v) is 9.89. The Balaban J connectivity index is 1.51. The van der Waals surface area contributed by atoms with E-state index in [1.54, 1.807) is 6.07 Å². The van der Waals surface area contributed by atoms with Crippen molar-refractivity contribution < 1.29 is 19.1 Å². The van der Waals surface area contributed by atoms with Gasteiger partial charge in [0.1, 0.15) is 39.5 Å². The molecule has 2 atom stereocenters. The second kappa shape index (κ2) is 13.6. The second-order valence-electron chi connectivity index (χ2n) is 9.13. The van der Waals surface area contributed by atoms with Crippen molar-refractivity contribution in [2.24, 2.45) is 0 Å². The molecule has 0 spiro atoms. The number of anilines is 3. The van der Waals surface area contributed by atoms with Crippen LogP contribution in [0, 0.1) is 0 Å². The molecule has 1 saturated heterocycles. The van der Waals surface area contributed by atoms with Crippen molar-refractivity contribution in [3.05, 3.63) is 65.1 Å². The molecule has 4 N–H and O–H groups in total. The number of rotatable bonds is 9. The summed E-state index contributed by atoms with van der Waals surface area (Å²) < 4.78 is 10.5. The first-order valence-corrected chi connectivity index (χ1v) is 13.5. The summed E-state index contributed by atoms with van der Waals surface area (Å²) in [4.78, 5) is 37.5. The fourth-order valence-electron chi connectivity index (χ4n) is 4.36. The highest BCUT2D eigenvalue weighted by Gasteiger charge is 2.26. The smallest absolute Gasteiger partial charge is 0.327 e. The number of benzene rings is 1. The summed E-state index contributed by atoms with van der Waals surface area (Å²) in [7, 11) is 4.42. The molecule has 2 aromatic rings. The van der Waals surface area contributed by atoms with E-state index in [9.17, 15) is 9.59 Å². The van der Waals surface area contributed by atoms with E-state index < -0.39 is 6.03 Å². The fraction of sp³-hybridized carbons (Fsp3) is 0.333. The lowest BCUT2D eigenvalue weighted by molar-refractivity contribution is -0.116. The van der Waals surface area contributed by atoms with Crippen molar-refractivity contribution in [2.75, 3.05) is 63.0 Å². The highest BCUT2D eigenvalue weighted by Crippen LogP contribution is 2.44. The van der Waals surface area contributed by atoms with Gasteiger partial charge in [0.15, 0.2) is 0 Å². The Morgan fingerprint density at radius 3 is 2.44 bits per heavy atom. The van der Waals surface area contributed by atoms with Gasteiger partial charge in [-0.2, -0.15) is 0 Å². The van der Waals surface area contributed by atoms with Crippen LogP contribution in [-0.4, -0.2) is 86.3 Å². The zero-order valence-electron chi connectivity index (χ0n) is 22.9. The summed E-state index contributed by atoms with van der Waals surface area (Å²) in [5.74, 6) is 1.02. The van der Waals surface area contributed by atoms with Gasteiger partial charge < -0.3 is 35.6 Å². The molecule has 218 valence electrons. The predicted octanol–water partition coefficient (Wildman–Crippen LogP) is 3.28. The highest BCUT2D eigenvalue weighted by molar-refractivity contribution is 6.41. The van der Waals surface area contributed by atoms with Crippen LogP contribution in [-0.2, 0) is 4.79 Å². The minimum Gasteiger partial charge on any atom is -0.495 e. The van der Waals surface area contributed by atoms with Gasteiger partial charge in [0, 0.05) is 51.1 Å². The first-order valence-electron chi connectivity index (χ1n) is 12.8. The number of aromatic nitrogens is 2. The number of urea groups is 1. The molecular formula is C27H32Cl2N8O4. The monoisotopic (exact) mass is 602 g/mol. The molecule has 2 aliphatic rings. The first-order chi connectivity index (χ1) is 19.7. The number of piperazine rings is 1. The third kappa shape index (κ3) is 7.02. The lowest BCUT2D eigenvalue weighted by Gasteiger charge is -2.35. The Kier molecular flexibility index (Phi) is 9.92. The maximum Gasteiger partial charge on any atom is 0.327 e. The number of ether oxygens (including phenoxy) is 2. The van der Waals surface area contributed by atoms with Crippen LogP contribution in [0.2, 0.25) is 10.0 Å². The normalized spacial score (nSPS) is 18.2. The van der Waals surface area contributed by atoms with Gasteiger partial charge in [-0.3, -0.25) is 9.69 Å². The van der Waals surface area contributed by atoms with E-state index in [0.29, 0.717) is 11.6 Å². The summed E-state index contributed by atoms with van der Waals surface area (Å²) in [6.07, 6.45) is 8.59. The van der Waals surface area contributed by atoms with E-state index in [0.717, 1.165) is 31.9 Å². The van der Waals surface area contributed by atoms with Gasteiger partial charge in [-0.05, 0) is 18.2 Å². The van der Waals surface area contributed by atoms with Crippen molar-refractivity contribution in [3.63, 3.8) is 0 Å². The average molecular weight is 604 g/mol. The largest absolute Gasteiger partial charge is 0.495 e. The Morgan fingerprint density at radius 2 is 1.80 bits per heavy atom. The molecule has 1 aliphatic carbocycles. The van der Waals surface area contributed by atoms with Crippen LogP contribution < -0.4 is 35.6 Å². The molecule has 0 radical (unpaired) electrons. The Bertz CT molecular complexity index is 1330. The molecule has 3 amide bonds. The molecule has 1 fully saturated rings. The molecule has 2 unspecified atom stereocenters. The standard InChI is InChI=1S/C27H32Cl2N8O4/c1-5-23(38)34-18-12-16(37-10-8-30-9-11-37)6-7-17(18)33-21-14-22(32-15-31-21)36(2)27(39)35-26-24(28)19(40-3)13-20(41-4)25(26)29/h5-7,12-15,17-18,30H,1,8-11H2,2-4H3,(H,34,38)(H,35,39)(H,31,32,33). The molecule has 2 heterocycles. The van der Waals surface area contributed by atoms with Crippen LogP contribution in [0.4, 0.5) is 22.1 Å². The molecule has 0 saturated carbocycles. The highest BCUT2D eigenvalue weighted by atomic mass is 35.5. The van der Waals surface area contributed by atoms with Crippen LogP contribution >= 0.6 is 23.2 Å². The minimum atomic E-state index is -0.564. The number of carbonyl (C=O) groups is 2. The molecule has 0 bridgehead atoms. The van der Waals surface area contributed by atoms with Crippen LogP contribution in [0.25, 0.3) is 0 Å². The molecule has 12 nitrogen and oxygen atoms in total. The van der Waals surface area contributed by atoms with Crippen LogP contribution in [0.5, 0.6) is 11.5 Å². The van der Waals surface area contributed by atoms with E-state index in [2.05, 4.69) is 42.7 Å². The van der Waals surface area contributed by atoms with Crippen molar-refractivity contribution in [1.29, 1.82) is 0 Å². The molecule has 1 aliphatic heterocycles. The van der Waals surface area contributed by atoms with Gasteiger partial charge in [-0.15, -0.1) is 0 Å². The third-order valence-corrected chi connectivity index (χ3v) is 7.36. The molecular weight excluding hydrogens is 571 g/mol. The summed E-state index contributed by atoms with van der Waals surface area (Å²) in [5.41, 5.74) is 1.17. The molecule has 4 rings (SSSR count). The summed E-state index contributed by atoms with van der Waals surface area (Å²) in [6.45, 7) is 7.10. The van der Waals surface area contributed by atoms with Crippen molar-refractivity contribution in [2.45, 2.75) is 12.1 Å². The van der Waals surface area contributed by atoms with E-state index in [-0.39, 0.29) is 45.2 Å². The summed E-state index contributed by atoms with van der Waals surface area (Å²) in [6, 6.07) is 1.88. The fourth-order valence-corrected chi connectivity index (χ4v) is 4.96. The van der Waals surface area contributed by atoms with Gasteiger partial charge in [0.25, 0.3) is 0 Å². The van der Waals surface area contributed by atoms with Gasteiger partial charge in [0.05, 0.1) is 32.0 Å². The Morgan fingerprint density at radius 1 is 1.12 bits per heavy atom. The average Bonchev–Trinajstić information content (AvgIpc) is 3.00. The quantitative estimate of drug-likeness (QED) is 0.319. The summed E-state index contributed by atoms with van der Waals surface area (Å²) in [5, 5.41) is 12.6. The van der Waals surface area contributed by atoms with Crippen LogP contribution in [0.1, 0.15) is 0 Å². The van der Waals surface area contributed by atoms with E-state index in [1.165, 1.54) is 44.6 Å². The summed E-state index contributed by atoms with van der Waals surface area (Å²) >= 11 is 12.8. The zero-order chi connectivity index (χ0) is 29.5. The van der Waals surface area contributed by atoms with Gasteiger partial charge in [-0.1, -0.05) is 35.9 Å². The number of methoxy groups -OCH3 is 2. The number of halogens is 2. The number of hydrogen-bond acceptors (Lipinski definition) is 9. The van der Waals surface area contributed by atoms with Gasteiger partial charge in [-0.25, -0.2) is 14.8 Å². The first kappa shape index (κ1) is 30.0. The van der Waals surface area contributed by atoms with Crippen molar-refractivity contribution >= 4 is 52.5 Å². The van der Waals surface area contributed by atoms with Gasteiger partial charge >= 0.3 is 6.03 Å². The maximum atomic E-state index is 13.2. The lowest BCUT2D eigenvalue weighted by Crippen LogP contribution is -2.48. The number of nitrogens with one attached hydrogen (secondary N) is 4. The number of nitrogens with zero attached hydrogens (tertiary/aromatic N) is 4. The SMILES string of the molecule is C=CC(=O)NC1C=C(N2CCNCC2)C=CC1Nc1cc(N(C)C(=O)Nc2c(Cl)c(OC)cc(OC)c2Cl)ncn1. The maximum absolute atomic E-state index is 13.2. The van der Waals surface area contributed by atoms with E-state index in [1.807, 2.05) is 18.2 Å². The molecule has 1 aromatic carbocycles. The van der Waals surface area contributed by atoms with Gasteiger partial charge in [0.2, 0.25) is 5.91 Å². The number of amides is 3. The topological polar surface area (TPSA) is 133 Å². The number of hydrogen-bond donors (Lipinski definition) is 4. The molecule has 14 heteroatoms. The van der Waals surface area contributed by atoms with E-state index in [4.69, 9.17) is 32.7 Å². The van der Waals surface area contributed by atoms with Crippen molar-refractivity contribution in [3.8, 4) is 11.5 Å². The Hall–Kier alpha value is -4.00. The number of carbonyl (C=O) groups excluding carboxylic acids is 2. The molecule has 41 heavy (non-hydrogen) atoms. The zero-order valence-corrected chi connectivity index (χ0v) is 24.4. The predicted molar refractivity (Wildman–Crippen MR) is 160 cm³/mol. The lowest BCUT2D eigenvalue weighted by atomic mass is 9.99. The van der Waals surface area contributed by atoms with Crippen LogP contribution in [0.3, 0.4) is 0 Å². The number of allylic oxidation sites excluding steroid dienone is 1. The molecule has 1 aromatic heterocycles. The van der Waals surface area contributed by atoms with Crippen molar-refractivity contribution in [1.82, 2.24) is 25.5 Å². The minimum absolute atomic E-state index is 0.120. The van der Waals surface area contributed by atoms with E-state index >= 15 is 0 Å².